The summed E-state index contributed by atoms with van der Waals surface area (Å²) in [5.74, 6) is 0.241. The Bertz CT molecular complexity index is 966. The Morgan fingerprint density at radius 2 is 1.85 bits per heavy atom. The van der Waals surface area contributed by atoms with Gasteiger partial charge in [-0.1, -0.05) is 53.7 Å². The van der Waals surface area contributed by atoms with Crippen molar-refractivity contribution < 1.29 is 14.1 Å². The van der Waals surface area contributed by atoms with Crippen molar-refractivity contribution in [3.05, 3.63) is 71.9 Å². The Morgan fingerprint density at radius 1 is 1.07 bits per heavy atom. The fraction of sp³-hybridized carbons (Fsp3) is 0.190. The van der Waals surface area contributed by atoms with Crippen molar-refractivity contribution in [1.29, 1.82) is 0 Å². The van der Waals surface area contributed by atoms with Gasteiger partial charge in [0.15, 0.2) is 5.76 Å². The maximum Gasteiger partial charge on any atom is 0.246 e. The molecule has 1 aliphatic heterocycles. The Hall–Kier alpha value is -3.41. The molecule has 27 heavy (non-hydrogen) atoms. The number of nitrogens with zero attached hydrogens (tertiary/aromatic N) is 2. The Morgan fingerprint density at radius 3 is 2.70 bits per heavy atom. The molecule has 0 radical (unpaired) electrons. The van der Waals surface area contributed by atoms with Crippen LogP contribution in [0.2, 0.25) is 0 Å². The van der Waals surface area contributed by atoms with E-state index >= 15 is 0 Å². The highest BCUT2D eigenvalue weighted by molar-refractivity contribution is 5.98. The molecule has 0 bridgehead atoms. The smallest absolute Gasteiger partial charge is 0.246 e. The van der Waals surface area contributed by atoms with Gasteiger partial charge in [-0.3, -0.25) is 9.59 Å². The van der Waals surface area contributed by atoms with Crippen LogP contribution >= 0.6 is 0 Å². The van der Waals surface area contributed by atoms with E-state index in [1.165, 1.54) is 0 Å². The van der Waals surface area contributed by atoms with E-state index in [0.717, 1.165) is 23.2 Å². The number of anilines is 1. The molecule has 6 heteroatoms. The molecule has 2 aromatic carbocycles. The van der Waals surface area contributed by atoms with Crippen molar-refractivity contribution in [3.63, 3.8) is 0 Å². The first-order valence-electron chi connectivity index (χ1n) is 8.87. The molecule has 0 saturated carbocycles. The van der Waals surface area contributed by atoms with Gasteiger partial charge in [-0.05, 0) is 18.1 Å². The molecule has 0 fully saturated rings. The largest absolute Gasteiger partial charge is 0.356 e. The maximum absolute atomic E-state index is 12.4. The average Bonchev–Trinajstić information content (AvgIpc) is 3.34. The van der Waals surface area contributed by atoms with Gasteiger partial charge in [-0.15, -0.1) is 0 Å². The molecule has 0 spiro atoms. The summed E-state index contributed by atoms with van der Waals surface area (Å²) in [6.07, 6.45) is 0.914. The van der Waals surface area contributed by atoms with Crippen LogP contribution in [-0.2, 0) is 22.4 Å². The number of para-hydroxylation sites is 1. The molecule has 0 unspecified atom stereocenters. The molecule has 4 rings (SSSR count). The molecule has 1 aliphatic rings. The second-order valence-electron chi connectivity index (χ2n) is 6.43. The van der Waals surface area contributed by atoms with Crippen molar-refractivity contribution in [1.82, 2.24) is 10.5 Å². The summed E-state index contributed by atoms with van der Waals surface area (Å²) in [4.78, 5) is 26.3. The fourth-order valence-electron chi connectivity index (χ4n) is 3.23. The minimum absolute atomic E-state index is 0.0312. The lowest BCUT2D eigenvalue weighted by atomic mass is 10.1. The molecule has 0 saturated heterocycles. The summed E-state index contributed by atoms with van der Waals surface area (Å²) in [5.41, 5.74) is 3.53. The van der Waals surface area contributed by atoms with E-state index in [1.54, 1.807) is 11.0 Å². The third-order valence-corrected chi connectivity index (χ3v) is 4.58. The number of hydrogen-bond donors (Lipinski definition) is 1. The highest BCUT2D eigenvalue weighted by Gasteiger charge is 2.24. The zero-order chi connectivity index (χ0) is 18.6. The van der Waals surface area contributed by atoms with Crippen LogP contribution in [0.5, 0.6) is 0 Å². The number of hydrogen-bond acceptors (Lipinski definition) is 4. The second kappa shape index (κ2) is 7.45. The van der Waals surface area contributed by atoms with E-state index in [0.29, 0.717) is 18.0 Å². The van der Waals surface area contributed by atoms with Crippen LogP contribution in [0.25, 0.3) is 11.3 Å². The number of fused-ring (bicyclic) bond motifs is 1. The first-order valence-corrected chi connectivity index (χ1v) is 8.87. The number of amides is 2. The van der Waals surface area contributed by atoms with Gasteiger partial charge < -0.3 is 14.7 Å². The Kier molecular flexibility index (Phi) is 4.70. The number of nitrogens with one attached hydrogen (secondary N) is 1. The van der Waals surface area contributed by atoms with E-state index in [2.05, 4.69) is 10.5 Å². The summed E-state index contributed by atoms with van der Waals surface area (Å²) in [5, 5.41) is 6.61. The number of carbonyl (C=O) groups is 2. The topological polar surface area (TPSA) is 75.4 Å². The summed E-state index contributed by atoms with van der Waals surface area (Å²) in [6.45, 7) is 0.619. The van der Waals surface area contributed by atoms with E-state index in [1.807, 2.05) is 54.6 Å². The van der Waals surface area contributed by atoms with Crippen LogP contribution in [-0.4, -0.2) is 30.1 Å². The predicted molar refractivity (Wildman–Crippen MR) is 101 cm³/mol. The minimum Gasteiger partial charge on any atom is -0.356 e. The maximum atomic E-state index is 12.4. The van der Waals surface area contributed by atoms with Crippen molar-refractivity contribution in [3.8, 4) is 11.3 Å². The van der Waals surface area contributed by atoms with Crippen molar-refractivity contribution >= 4 is 17.5 Å². The van der Waals surface area contributed by atoms with Crippen LogP contribution < -0.4 is 10.2 Å². The third-order valence-electron chi connectivity index (χ3n) is 4.58. The lowest BCUT2D eigenvalue weighted by molar-refractivity contribution is -0.124. The number of benzene rings is 2. The third kappa shape index (κ3) is 3.74. The number of rotatable bonds is 5. The Balaban J connectivity index is 1.32. The molecule has 3 aromatic rings. The highest BCUT2D eigenvalue weighted by Crippen LogP contribution is 2.27. The van der Waals surface area contributed by atoms with Crippen molar-refractivity contribution in [2.45, 2.75) is 12.8 Å². The lowest BCUT2D eigenvalue weighted by Gasteiger charge is -2.17. The quantitative estimate of drug-likeness (QED) is 0.758. The molecule has 2 amide bonds. The molecule has 1 aromatic heterocycles. The van der Waals surface area contributed by atoms with E-state index in [9.17, 15) is 9.59 Å². The van der Waals surface area contributed by atoms with E-state index < -0.39 is 0 Å². The first kappa shape index (κ1) is 17.0. The standard InChI is InChI=1S/C21H19N3O3/c25-20(13-17-12-19(27-23-17)16-7-2-1-3-8-16)22-14-21(26)24-11-10-15-6-4-5-9-18(15)24/h1-9,12H,10-11,13-14H2,(H,22,25). The summed E-state index contributed by atoms with van der Waals surface area (Å²) in [7, 11) is 0. The molecule has 136 valence electrons. The normalized spacial score (nSPS) is 12.7. The lowest BCUT2D eigenvalue weighted by Crippen LogP contribution is -2.39. The van der Waals surface area contributed by atoms with E-state index in [-0.39, 0.29) is 24.8 Å². The molecule has 2 heterocycles. The average molecular weight is 361 g/mol. The van der Waals surface area contributed by atoms with E-state index in [4.69, 9.17) is 4.52 Å². The summed E-state index contributed by atoms with van der Waals surface area (Å²) in [6, 6.07) is 19.1. The predicted octanol–water partition coefficient (Wildman–Crippen LogP) is 2.59. The zero-order valence-corrected chi connectivity index (χ0v) is 14.7. The fourth-order valence-corrected chi connectivity index (χ4v) is 3.23. The molecule has 6 nitrogen and oxygen atoms in total. The highest BCUT2D eigenvalue weighted by atomic mass is 16.5. The zero-order valence-electron chi connectivity index (χ0n) is 14.7. The van der Waals surface area contributed by atoms with Crippen LogP contribution in [0.1, 0.15) is 11.3 Å². The minimum atomic E-state index is -0.260. The molecular formula is C21H19N3O3. The first-order chi connectivity index (χ1) is 13.2. The molecule has 0 aliphatic carbocycles. The van der Waals surface area contributed by atoms with Gasteiger partial charge in [0, 0.05) is 23.9 Å². The van der Waals surface area contributed by atoms with Gasteiger partial charge in [0.1, 0.15) is 0 Å². The number of carbonyl (C=O) groups excluding carboxylic acids is 2. The monoisotopic (exact) mass is 361 g/mol. The molecule has 0 atom stereocenters. The van der Waals surface area contributed by atoms with Gasteiger partial charge in [0.05, 0.1) is 18.7 Å². The molecular weight excluding hydrogens is 342 g/mol. The van der Waals surface area contributed by atoms with Gasteiger partial charge in [0.2, 0.25) is 11.8 Å². The van der Waals surface area contributed by atoms with Crippen molar-refractivity contribution in [2.75, 3.05) is 18.0 Å². The van der Waals surface area contributed by atoms with Crippen LogP contribution in [0.15, 0.2) is 65.2 Å². The SMILES string of the molecule is O=C(Cc1cc(-c2ccccc2)on1)NCC(=O)N1CCc2ccccc21. The van der Waals surface area contributed by atoms with Gasteiger partial charge in [-0.25, -0.2) is 0 Å². The molecule has 1 N–H and O–H groups in total. The Labute approximate surface area is 156 Å². The van der Waals surface area contributed by atoms with Crippen LogP contribution in [0.3, 0.4) is 0 Å². The number of aromatic nitrogens is 1. The van der Waals surface area contributed by atoms with Gasteiger partial charge in [-0.2, -0.15) is 0 Å². The van der Waals surface area contributed by atoms with Crippen LogP contribution in [0, 0.1) is 0 Å². The summed E-state index contributed by atoms with van der Waals surface area (Å²) < 4.78 is 5.29. The summed E-state index contributed by atoms with van der Waals surface area (Å²) >= 11 is 0. The van der Waals surface area contributed by atoms with Crippen LogP contribution in [0.4, 0.5) is 5.69 Å². The van der Waals surface area contributed by atoms with Gasteiger partial charge >= 0.3 is 0 Å². The van der Waals surface area contributed by atoms with Crippen molar-refractivity contribution in [2.24, 2.45) is 0 Å². The van der Waals surface area contributed by atoms with Gasteiger partial charge in [0.25, 0.3) is 0 Å². The second-order valence-corrected chi connectivity index (χ2v) is 6.43.